The number of hydrogen-bond acceptors (Lipinski definition) is 5. The Morgan fingerprint density at radius 2 is 2.00 bits per heavy atom. The van der Waals surface area contributed by atoms with Gasteiger partial charge in [-0.1, -0.05) is 6.07 Å². The van der Waals surface area contributed by atoms with Crippen molar-refractivity contribution in [2.75, 3.05) is 24.5 Å². The lowest BCUT2D eigenvalue weighted by atomic mass is 9.86. The molecule has 0 N–H and O–H groups in total. The smallest absolute Gasteiger partial charge is 0.272 e. The average Bonchev–Trinajstić information content (AvgIpc) is 3.19. The van der Waals surface area contributed by atoms with Crippen molar-refractivity contribution in [3.63, 3.8) is 0 Å². The standard InChI is InChI=1S/C17H17N5O2/c23-15-7-17(11-22(15)13-8-18-12-19-9-13)4-6-21(10-17)16(24)14-3-1-2-5-20-14/h1-3,5,8-9,12H,4,6-7,10-11H2/t17-/m0/s1. The van der Waals surface area contributed by atoms with Gasteiger partial charge in [-0.3, -0.25) is 14.6 Å². The van der Waals surface area contributed by atoms with Gasteiger partial charge < -0.3 is 9.80 Å². The third-order valence-corrected chi connectivity index (χ3v) is 4.79. The molecule has 1 spiro atoms. The minimum absolute atomic E-state index is 0.0666. The van der Waals surface area contributed by atoms with Gasteiger partial charge in [-0.25, -0.2) is 9.97 Å². The second-order valence-corrected chi connectivity index (χ2v) is 6.45. The number of amides is 2. The van der Waals surface area contributed by atoms with Crippen LogP contribution in [0.25, 0.3) is 0 Å². The normalized spacial score (nSPS) is 23.2. The van der Waals surface area contributed by atoms with Gasteiger partial charge in [0.15, 0.2) is 0 Å². The number of likely N-dealkylation sites (tertiary alicyclic amines) is 1. The minimum Gasteiger partial charge on any atom is -0.337 e. The summed E-state index contributed by atoms with van der Waals surface area (Å²) < 4.78 is 0. The molecule has 4 rings (SSSR count). The van der Waals surface area contributed by atoms with E-state index in [-0.39, 0.29) is 17.2 Å². The van der Waals surface area contributed by atoms with Gasteiger partial charge in [0.25, 0.3) is 5.91 Å². The van der Waals surface area contributed by atoms with Crippen molar-refractivity contribution in [3.8, 4) is 0 Å². The molecule has 1 atom stereocenters. The van der Waals surface area contributed by atoms with Crippen molar-refractivity contribution < 1.29 is 9.59 Å². The average molecular weight is 323 g/mol. The van der Waals surface area contributed by atoms with Crippen molar-refractivity contribution in [3.05, 3.63) is 48.8 Å². The van der Waals surface area contributed by atoms with E-state index in [4.69, 9.17) is 0 Å². The lowest BCUT2D eigenvalue weighted by Crippen LogP contribution is -2.34. The summed E-state index contributed by atoms with van der Waals surface area (Å²) in [6.45, 7) is 1.84. The van der Waals surface area contributed by atoms with Crippen LogP contribution < -0.4 is 4.90 Å². The number of hydrogen-bond donors (Lipinski definition) is 0. The molecular formula is C17H17N5O2. The first-order valence-electron chi connectivity index (χ1n) is 7.93. The largest absolute Gasteiger partial charge is 0.337 e. The van der Waals surface area contributed by atoms with Gasteiger partial charge >= 0.3 is 0 Å². The van der Waals surface area contributed by atoms with E-state index in [0.29, 0.717) is 37.4 Å². The maximum absolute atomic E-state index is 12.6. The zero-order valence-electron chi connectivity index (χ0n) is 13.1. The molecule has 0 bridgehead atoms. The predicted octanol–water partition coefficient (Wildman–Crippen LogP) is 1.14. The Morgan fingerprint density at radius 3 is 2.75 bits per heavy atom. The molecule has 0 radical (unpaired) electrons. The fourth-order valence-corrected chi connectivity index (χ4v) is 3.59. The third-order valence-electron chi connectivity index (χ3n) is 4.79. The summed E-state index contributed by atoms with van der Waals surface area (Å²) in [4.78, 5) is 40.6. The Hall–Kier alpha value is -2.83. The van der Waals surface area contributed by atoms with Crippen LogP contribution in [-0.2, 0) is 4.79 Å². The quantitative estimate of drug-likeness (QED) is 0.828. The molecule has 0 unspecified atom stereocenters. The molecule has 2 fully saturated rings. The molecule has 2 saturated heterocycles. The van der Waals surface area contributed by atoms with Gasteiger partial charge in [-0.05, 0) is 18.6 Å². The third kappa shape index (κ3) is 2.51. The Kier molecular flexibility index (Phi) is 3.48. The summed E-state index contributed by atoms with van der Waals surface area (Å²) in [5.74, 6) is -0.00152. The molecular weight excluding hydrogens is 306 g/mol. The molecule has 7 nitrogen and oxygen atoms in total. The van der Waals surface area contributed by atoms with E-state index in [0.717, 1.165) is 6.42 Å². The van der Waals surface area contributed by atoms with E-state index in [9.17, 15) is 9.59 Å². The van der Waals surface area contributed by atoms with Gasteiger partial charge in [0.1, 0.15) is 12.0 Å². The molecule has 122 valence electrons. The Bertz CT molecular complexity index is 767. The Balaban J connectivity index is 1.50. The number of rotatable bonds is 2. The van der Waals surface area contributed by atoms with Crippen molar-refractivity contribution in [1.82, 2.24) is 19.9 Å². The van der Waals surface area contributed by atoms with Crippen molar-refractivity contribution in [2.45, 2.75) is 12.8 Å². The first-order valence-corrected chi connectivity index (χ1v) is 7.93. The highest BCUT2D eigenvalue weighted by Crippen LogP contribution is 2.41. The van der Waals surface area contributed by atoms with Crippen LogP contribution in [0.15, 0.2) is 43.1 Å². The summed E-state index contributed by atoms with van der Waals surface area (Å²) in [5, 5.41) is 0. The minimum atomic E-state index is -0.183. The number of anilines is 1. The van der Waals surface area contributed by atoms with Crippen LogP contribution in [-0.4, -0.2) is 51.3 Å². The Morgan fingerprint density at radius 1 is 1.17 bits per heavy atom. The molecule has 0 saturated carbocycles. The fourth-order valence-electron chi connectivity index (χ4n) is 3.59. The highest BCUT2D eigenvalue weighted by Gasteiger charge is 2.49. The van der Waals surface area contributed by atoms with E-state index >= 15 is 0 Å². The Labute approximate surface area is 139 Å². The fraction of sp³-hybridized carbons (Fsp3) is 0.353. The van der Waals surface area contributed by atoms with Gasteiger partial charge in [-0.2, -0.15) is 0 Å². The summed E-state index contributed by atoms with van der Waals surface area (Å²) in [6, 6.07) is 5.32. The van der Waals surface area contributed by atoms with E-state index < -0.39 is 0 Å². The zero-order valence-corrected chi connectivity index (χ0v) is 13.1. The molecule has 0 aliphatic carbocycles. The first kappa shape index (κ1) is 14.7. The molecule has 7 heteroatoms. The van der Waals surface area contributed by atoms with Crippen LogP contribution >= 0.6 is 0 Å². The zero-order chi connectivity index (χ0) is 16.6. The van der Waals surface area contributed by atoms with Gasteiger partial charge in [0, 0.05) is 37.7 Å². The molecule has 24 heavy (non-hydrogen) atoms. The monoisotopic (exact) mass is 323 g/mol. The first-order chi connectivity index (χ1) is 11.7. The second kappa shape index (κ2) is 5.67. The summed E-state index contributed by atoms with van der Waals surface area (Å²) in [6.07, 6.45) is 7.64. The summed E-state index contributed by atoms with van der Waals surface area (Å²) in [7, 11) is 0. The summed E-state index contributed by atoms with van der Waals surface area (Å²) >= 11 is 0. The summed E-state index contributed by atoms with van der Waals surface area (Å²) in [5.41, 5.74) is 0.984. The van der Waals surface area contributed by atoms with E-state index in [1.165, 1.54) is 6.33 Å². The molecule has 2 aliphatic heterocycles. The van der Waals surface area contributed by atoms with Crippen molar-refractivity contribution >= 4 is 17.5 Å². The SMILES string of the molecule is O=C(c1ccccn1)N1CC[C@]2(CC(=O)N(c3cncnc3)C2)C1. The van der Waals surface area contributed by atoms with Crippen molar-refractivity contribution in [2.24, 2.45) is 5.41 Å². The number of carbonyl (C=O) groups excluding carboxylic acids is 2. The van der Waals surface area contributed by atoms with Gasteiger partial charge in [-0.15, -0.1) is 0 Å². The van der Waals surface area contributed by atoms with Crippen LogP contribution in [0, 0.1) is 5.41 Å². The predicted molar refractivity (Wildman–Crippen MR) is 86.2 cm³/mol. The van der Waals surface area contributed by atoms with E-state index in [2.05, 4.69) is 15.0 Å². The second-order valence-electron chi connectivity index (χ2n) is 6.45. The number of pyridine rings is 1. The topological polar surface area (TPSA) is 79.3 Å². The van der Waals surface area contributed by atoms with Crippen molar-refractivity contribution in [1.29, 1.82) is 0 Å². The maximum Gasteiger partial charge on any atom is 0.272 e. The number of nitrogens with zero attached hydrogens (tertiary/aromatic N) is 5. The van der Waals surface area contributed by atoms with Gasteiger partial charge in [0.05, 0.1) is 18.1 Å². The van der Waals surface area contributed by atoms with Crippen LogP contribution in [0.4, 0.5) is 5.69 Å². The lowest BCUT2D eigenvalue weighted by molar-refractivity contribution is -0.117. The van der Waals surface area contributed by atoms with Crippen LogP contribution in [0.1, 0.15) is 23.3 Å². The van der Waals surface area contributed by atoms with Crippen LogP contribution in [0.2, 0.25) is 0 Å². The molecule has 2 aromatic rings. The van der Waals surface area contributed by atoms with Crippen LogP contribution in [0.3, 0.4) is 0 Å². The number of aromatic nitrogens is 3. The molecule has 4 heterocycles. The molecule has 2 aromatic heterocycles. The highest BCUT2D eigenvalue weighted by molar-refractivity contribution is 5.97. The van der Waals surface area contributed by atoms with Gasteiger partial charge in [0.2, 0.25) is 5.91 Å². The van der Waals surface area contributed by atoms with Crippen LogP contribution in [0.5, 0.6) is 0 Å². The maximum atomic E-state index is 12.6. The highest BCUT2D eigenvalue weighted by atomic mass is 16.2. The van der Waals surface area contributed by atoms with E-state index in [1.54, 1.807) is 40.5 Å². The van der Waals surface area contributed by atoms with E-state index in [1.807, 2.05) is 6.07 Å². The molecule has 0 aromatic carbocycles. The molecule has 2 amide bonds. The molecule has 2 aliphatic rings. The lowest BCUT2D eigenvalue weighted by Gasteiger charge is -2.23. The number of carbonyl (C=O) groups is 2.